The van der Waals surface area contributed by atoms with Gasteiger partial charge in [0.05, 0.1) is 23.5 Å². The molecule has 1 saturated heterocycles. The molecular weight excluding hydrogens is 356 g/mol. The molecule has 5 nitrogen and oxygen atoms in total. The Morgan fingerprint density at radius 1 is 1.36 bits per heavy atom. The second kappa shape index (κ2) is 9.39. The van der Waals surface area contributed by atoms with Crippen molar-refractivity contribution in [3.63, 3.8) is 0 Å². The summed E-state index contributed by atoms with van der Waals surface area (Å²) in [6, 6.07) is 6.78. The fourth-order valence-electron chi connectivity index (χ4n) is 4.25. The van der Waals surface area contributed by atoms with Crippen LogP contribution in [-0.4, -0.2) is 39.6 Å². The lowest BCUT2D eigenvalue weighted by Crippen LogP contribution is -2.18. The summed E-state index contributed by atoms with van der Waals surface area (Å²) in [5.74, 6) is 0.0340. The number of ether oxygens (including phenoxy) is 1. The molecule has 0 spiro atoms. The summed E-state index contributed by atoms with van der Waals surface area (Å²) in [4.78, 5) is 11.1. The van der Waals surface area contributed by atoms with Gasteiger partial charge in [0, 0.05) is 24.7 Å². The van der Waals surface area contributed by atoms with Gasteiger partial charge in [-0.3, -0.25) is 0 Å². The van der Waals surface area contributed by atoms with Crippen LogP contribution in [0, 0.1) is 11.8 Å². The highest BCUT2D eigenvalue weighted by atomic mass is 16.5. The van der Waals surface area contributed by atoms with Crippen LogP contribution in [0.1, 0.15) is 61.4 Å². The number of aromatic carboxylic acids is 1. The second-order valence-electron chi connectivity index (χ2n) is 7.89. The minimum atomic E-state index is -0.949. The van der Waals surface area contributed by atoms with Crippen LogP contribution >= 0.6 is 0 Å². The zero-order chi connectivity index (χ0) is 20.1. The molecule has 3 N–H and O–H groups in total. The van der Waals surface area contributed by atoms with Crippen LogP contribution < -0.4 is 0 Å². The maximum atomic E-state index is 11.1. The van der Waals surface area contributed by atoms with E-state index in [-0.39, 0.29) is 23.5 Å². The molecular formula is C23H30O5. The van der Waals surface area contributed by atoms with Crippen molar-refractivity contribution in [1.82, 2.24) is 0 Å². The van der Waals surface area contributed by atoms with Gasteiger partial charge in [-0.05, 0) is 30.2 Å². The van der Waals surface area contributed by atoms with Gasteiger partial charge in [0.2, 0.25) is 0 Å². The van der Waals surface area contributed by atoms with Gasteiger partial charge >= 0.3 is 5.97 Å². The number of carboxylic acids is 1. The number of hydrogen-bond acceptors (Lipinski definition) is 4. The highest BCUT2D eigenvalue weighted by molar-refractivity contribution is 5.88. The van der Waals surface area contributed by atoms with Crippen LogP contribution in [-0.2, 0) is 4.74 Å². The first-order chi connectivity index (χ1) is 13.5. The Morgan fingerprint density at radius 3 is 2.93 bits per heavy atom. The molecule has 1 aromatic carbocycles. The summed E-state index contributed by atoms with van der Waals surface area (Å²) in [5, 5.41) is 29.6. The molecule has 5 heteroatoms. The Hall–Kier alpha value is -2.11. The average Bonchev–Trinajstić information content (AvgIpc) is 3.16. The SMILES string of the molecule is CCCCCC(O)/C=C/[C@H]1C2C/C(=C/c3cccc(C(=O)O)c3)OC2C[C@@H]1O. The molecule has 0 radical (unpaired) electrons. The van der Waals surface area contributed by atoms with Crippen molar-refractivity contribution in [2.45, 2.75) is 63.8 Å². The van der Waals surface area contributed by atoms with Gasteiger partial charge in [0.1, 0.15) is 6.10 Å². The smallest absolute Gasteiger partial charge is 0.335 e. The third kappa shape index (κ3) is 5.03. The Kier molecular flexibility index (Phi) is 6.92. The fraction of sp³-hybridized carbons (Fsp3) is 0.522. The number of fused-ring (bicyclic) bond motifs is 1. The molecule has 28 heavy (non-hydrogen) atoms. The molecule has 2 aliphatic rings. The molecule has 0 amide bonds. The maximum Gasteiger partial charge on any atom is 0.335 e. The van der Waals surface area contributed by atoms with Crippen LogP contribution in [0.25, 0.3) is 6.08 Å². The summed E-state index contributed by atoms with van der Waals surface area (Å²) in [6.07, 6.45) is 10.0. The van der Waals surface area contributed by atoms with Gasteiger partial charge in [0.15, 0.2) is 0 Å². The summed E-state index contributed by atoms with van der Waals surface area (Å²) in [7, 11) is 0. The number of hydrogen-bond donors (Lipinski definition) is 3. The van der Waals surface area contributed by atoms with Gasteiger partial charge in [-0.25, -0.2) is 4.79 Å². The molecule has 1 aliphatic heterocycles. The molecule has 3 unspecified atom stereocenters. The quantitative estimate of drug-likeness (QED) is 0.464. The number of aliphatic hydroxyl groups excluding tert-OH is 2. The number of unbranched alkanes of at least 4 members (excludes halogenated alkanes) is 2. The van der Waals surface area contributed by atoms with E-state index >= 15 is 0 Å². The van der Waals surface area contributed by atoms with Crippen molar-refractivity contribution in [1.29, 1.82) is 0 Å². The van der Waals surface area contributed by atoms with Crippen molar-refractivity contribution in [3.8, 4) is 0 Å². The first kappa shape index (κ1) is 20.6. The molecule has 1 heterocycles. The topological polar surface area (TPSA) is 87.0 Å². The number of allylic oxidation sites excluding steroid dienone is 1. The Labute approximate surface area is 166 Å². The van der Waals surface area contributed by atoms with E-state index in [1.54, 1.807) is 18.2 Å². The van der Waals surface area contributed by atoms with E-state index in [0.29, 0.717) is 12.8 Å². The van der Waals surface area contributed by atoms with Crippen molar-refractivity contribution in [2.75, 3.05) is 0 Å². The Bertz CT molecular complexity index is 738. The molecule has 152 valence electrons. The predicted molar refractivity (Wildman–Crippen MR) is 108 cm³/mol. The largest absolute Gasteiger partial charge is 0.494 e. The van der Waals surface area contributed by atoms with Crippen molar-refractivity contribution < 1.29 is 24.9 Å². The summed E-state index contributed by atoms with van der Waals surface area (Å²) in [6.45, 7) is 2.14. The normalized spacial score (nSPS) is 29.2. The zero-order valence-corrected chi connectivity index (χ0v) is 16.3. The summed E-state index contributed by atoms with van der Waals surface area (Å²) in [5.41, 5.74) is 1.05. The lowest BCUT2D eigenvalue weighted by Gasteiger charge is -2.16. The minimum absolute atomic E-state index is 0.0259. The molecule has 5 atom stereocenters. The van der Waals surface area contributed by atoms with Crippen LogP contribution in [0.2, 0.25) is 0 Å². The number of aliphatic hydroxyl groups is 2. The van der Waals surface area contributed by atoms with E-state index in [1.165, 1.54) is 0 Å². The van der Waals surface area contributed by atoms with E-state index < -0.39 is 18.2 Å². The zero-order valence-electron chi connectivity index (χ0n) is 16.3. The molecule has 0 bridgehead atoms. The monoisotopic (exact) mass is 386 g/mol. The minimum Gasteiger partial charge on any atom is -0.494 e. The van der Waals surface area contributed by atoms with E-state index in [4.69, 9.17) is 9.84 Å². The highest BCUT2D eigenvalue weighted by Crippen LogP contribution is 2.45. The van der Waals surface area contributed by atoms with Gasteiger partial charge in [0.25, 0.3) is 0 Å². The second-order valence-corrected chi connectivity index (χ2v) is 7.89. The van der Waals surface area contributed by atoms with Crippen molar-refractivity contribution >= 4 is 12.0 Å². The maximum absolute atomic E-state index is 11.1. The first-order valence-electron chi connectivity index (χ1n) is 10.2. The van der Waals surface area contributed by atoms with E-state index in [0.717, 1.165) is 37.0 Å². The Balaban J connectivity index is 1.64. The standard InChI is InChI=1S/C23H30O5/c1-2-3-4-8-17(24)9-10-19-20-13-18(28-22(20)14-21(19)25)12-15-6-5-7-16(11-15)23(26)27/h5-7,9-12,17,19-22,24-25H,2-4,8,13-14H2,1H3,(H,26,27)/b10-9+,18-12-/t17?,19-,20?,21-,22?/m0/s1. The average molecular weight is 386 g/mol. The van der Waals surface area contributed by atoms with Crippen LogP contribution in [0.15, 0.2) is 42.2 Å². The number of rotatable bonds is 8. The third-order valence-corrected chi connectivity index (χ3v) is 5.75. The van der Waals surface area contributed by atoms with Crippen molar-refractivity contribution in [2.24, 2.45) is 11.8 Å². The van der Waals surface area contributed by atoms with Gasteiger partial charge in [-0.15, -0.1) is 0 Å². The summed E-state index contributed by atoms with van der Waals surface area (Å²) < 4.78 is 6.03. The van der Waals surface area contributed by atoms with Crippen molar-refractivity contribution in [3.05, 3.63) is 53.3 Å². The molecule has 1 aliphatic carbocycles. The lowest BCUT2D eigenvalue weighted by molar-refractivity contribution is 0.0696. The summed E-state index contributed by atoms with van der Waals surface area (Å²) >= 11 is 0. The third-order valence-electron chi connectivity index (χ3n) is 5.75. The van der Waals surface area contributed by atoms with Gasteiger partial charge in [-0.1, -0.05) is 50.5 Å². The van der Waals surface area contributed by atoms with Crippen LogP contribution in [0.3, 0.4) is 0 Å². The molecule has 1 aromatic rings. The highest BCUT2D eigenvalue weighted by Gasteiger charge is 2.47. The molecule has 2 fully saturated rings. The fourth-order valence-corrected chi connectivity index (χ4v) is 4.25. The first-order valence-corrected chi connectivity index (χ1v) is 10.2. The molecule has 1 saturated carbocycles. The van der Waals surface area contributed by atoms with Gasteiger partial charge in [-0.2, -0.15) is 0 Å². The van der Waals surface area contributed by atoms with Crippen LogP contribution in [0.4, 0.5) is 0 Å². The van der Waals surface area contributed by atoms with E-state index in [1.807, 2.05) is 24.3 Å². The number of carboxylic acid groups (broad SMARTS) is 1. The molecule has 3 rings (SSSR count). The molecule has 0 aromatic heterocycles. The lowest BCUT2D eigenvalue weighted by atomic mass is 9.90. The van der Waals surface area contributed by atoms with Crippen LogP contribution in [0.5, 0.6) is 0 Å². The van der Waals surface area contributed by atoms with E-state index in [2.05, 4.69) is 6.92 Å². The van der Waals surface area contributed by atoms with E-state index in [9.17, 15) is 15.0 Å². The number of benzene rings is 1. The number of carbonyl (C=O) groups is 1. The Morgan fingerprint density at radius 2 is 2.18 bits per heavy atom. The predicted octanol–water partition coefficient (Wildman–Crippen LogP) is 4.01. The van der Waals surface area contributed by atoms with Gasteiger partial charge < -0.3 is 20.1 Å².